The summed E-state index contributed by atoms with van der Waals surface area (Å²) in [4.78, 5) is 26.2. The summed E-state index contributed by atoms with van der Waals surface area (Å²) in [5, 5.41) is 2.94. The van der Waals surface area contributed by atoms with E-state index in [1.165, 1.54) is 24.7 Å². The molecule has 5 nitrogen and oxygen atoms in total. The van der Waals surface area contributed by atoms with Crippen molar-refractivity contribution < 1.29 is 18.4 Å². The molecule has 2 amide bonds. The fraction of sp³-hybridized carbons (Fsp3) is 0.368. The van der Waals surface area contributed by atoms with Gasteiger partial charge >= 0.3 is 0 Å². The summed E-state index contributed by atoms with van der Waals surface area (Å²) < 4.78 is 17.8. The Kier molecular flexibility index (Phi) is 5.48. The Hall–Kier alpha value is -2.63. The zero-order valence-corrected chi connectivity index (χ0v) is 13.9. The van der Waals surface area contributed by atoms with Gasteiger partial charge in [-0.15, -0.1) is 0 Å². The van der Waals surface area contributed by atoms with Crippen LogP contribution < -0.4 is 5.32 Å². The van der Waals surface area contributed by atoms with Crippen molar-refractivity contribution in [1.29, 1.82) is 0 Å². The van der Waals surface area contributed by atoms with E-state index in [2.05, 4.69) is 5.32 Å². The van der Waals surface area contributed by atoms with E-state index in [0.29, 0.717) is 44.5 Å². The number of likely N-dealkylation sites (tertiary alicyclic amines) is 1. The van der Waals surface area contributed by atoms with Crippen molar-refractivity contribution in [3.63, 3.8) is 0 Å². The third kappa shape index (κ3) is 4.47. The van der Waals surface area contributed by atoms with E-state index < -0.39 is 0 Å². The Morgan fingerprint density at radius 3 is 2.52 bits per heavy atom. The normalized spacial score (nSPS) is 15.2. The number of nitrogens with zero attached hydrogens (tertiary/aromatic N) is 1. The Morgan fingerprint density at radius 1 is 1.16 bits per heavy atom. The summed E-state index contributed by atoms with van der Waals surface area (Å²) in [7, 11) is 0. The molecule has 0 unspecified atom stereocenters. The largest absolute Gasteiger partial charge is 0.472 e. The smallest absolute Gasteiger partial charge is 0.257 e. The molecule has 0 atom stereocenters. The van der Waals surface area contributed by atoms with Crippen LogP contribution in [0.3, 0.4) is 0 Å². The minimum atomic E-state index is -0.260. The number of rotatable bonds is 5. The predicted molar refractivity (Wildman–Crippen MR) is 90.4 cm³/mol. The van der Waals surface area contributed by atoms with Gasteiger partial charge in [-0.25, -0.2) is 4.39 Å². The van der Waals surface area contributed by atoms with Gasteiger partial charge in [0.2, 0.25) is 5.91 Å². The van der Waals surface area contributed by atoms with Gasteiger partial charge in [0.25, 0.3) is 5.91 Å². The maximum absolute atomic E-state index is 12.9. The number of furan rings is 1. The molecule has 0 spiro atoms. The molecular weight excluding hydrogens is 323 g/mol. The maximum atomic E-state index is 12.9. The minimum Gasteiger partial charge on any atom is -0.472 e. The van der Waals surface area contributed by atoms with Crippen molar-refractivity contribution in [1.82, 2.24) is 10.2 Å². The summed E-state index contributed by atoms with van der Waals surface area (Å²) in [6.07, 6.45) is 4.91. The summed E-state index contributed by atoms with van der Waals surface area (Å²) in [5.74, 6) is -0.354. The van der Waals surface area contributed by atoms with Gasteiger partial charge in [-0.3, -0.25) is 9.59 Å². The zero-order valence-electron chi connectivity index (χ0n) is 13.9. The SMILES string of the molecule is O=C(NCCc1ccc(F)cc1)C1CCN(C(=O)c2ccoc2)CC1. The first-order chi connectivity index (χ1) is 12.1. The van der Waals surface area contributed by atoms with E-state index in [9.17, 15) is 14.0 Å². The van der Waals surface area contributed by atoms with Gasteiger partial charge in [0.1, 0.15) is 12.1 Å². The molecule has 1 aromatic carbocycles. The third-order valence-corrected chi connectivity index (χ3v) is 4.55. The number of hydrogen-bond donors (Lipinski definition) is 1. The predicted octanol–water partition coefficient (Wildman–Crippen LogP) is 2.63. The van der Waals surface area contributed by atoms with Gasteiger partial charge in [-0.2, -0.15) is 0 Å². The van der Waals surface area contributed by atoms with Crippen LogP contribution in [0.25, 0.3) is 0 Å². The van der Waals surface area contributed by atoms with E-state index in [4.69, 9.17) is 4.42 Å². The molecule has 6 heteroatoms. The highest BCUT2D eigenvalue weighted by atomic mass is 19.1. The number of carbonyl (C=O) groups is 2. The van der Waals surface area contributed by atoms with Crippen LogP contribution in [0.5, 0.6) is 0 Å². The lowest BCUT2D eigenvalue weighted by atomic mass is 9.95. The average molecular weight is 344 g/mol. The second kappa shape index (κ2) is 7.96. The Morgan fingerprint density at radius 2 is 1.88 bits per heavy atom. The molecule has 132 valence electrons. The van der Waals surface area contributed by atoms with Gasteiger partial charge < -0.3 is 14.6 Å². The number of nitrogens with one attached hydrogen (secondary N) is 1. The molecule has 1 aliphatic rings. The standard InChI is InChI=1S/C19H21FN2O3/c20-17-3-1-14(2-4-17)5-9-21-18(23)15-6-10-22(11-7-15)19(24)16-8-12-25-13-16/h1-4,8,12-13,15H,5-7,9-11H2,(H,21,23). The summed E-state index contributed by atoms with van der Waals surface area (Å²) in [5.41, 5.74) is 1.53. The lowest BCUT2D eigenvalue weighted by Gasteiger charge is -2.31. The summed E-state index contributed by atoms with van der Waals surface area (Å²) >= 11 is 0. The second-order valence-electron chi connectivity index (χ2n) is 6.25. The number of halogens is 1. The molecule has 2 heterocycles. The Balaban J connectivity index is 1.41. The van der Waals surface area contributed by atoms with Gasteiger partial charge in [0.05, 0.1) is 11.8 Å². The van der Waals surface area contributed by atoms with Crippen molar-refractivity contribution in [3.8, 4) is 0 Å². The van der Waals surface area contributed by atoms with Crippen LogP contribution in [0.2, 0.25) is 0 Å². The average Bonchev–Trinajstić information content (AvgIpc) is 3.17. The molecule has 25 heavy (non-hydrogen) atoms. The molecule has 0 saturated carbocycles. The molecular formula is C19H21FN2O3. The first kappa shape index (κ1) is 17.2. The number of piperidine rings is 1. The Bertz CT molecular complexity index is 705. The van der Waals surface area contributed by atoms with Crippen LogP contribution in [0, 0.1) is 11.7 Å². The fourth-order valence-electron chi connectivity index (χ4n) is 3.04. The van der Waals surface area contributed by atoms with Crippen molar-refractivity contribution in [2.24, 2.45) is 5.92 Å². The highest BCUT2D eigenvalue weighted by Gasteiger charge is 2.27. The van der Waals surface area contributed by atoms with Crippen LogP contribution >= 0.6 is 0 Å². The van der Waals surface area contributed by atoms with Crippen LogP contribution in [-0.4, -0.2) is 36.3 Å². The molecule has 1 N–H and O–H groups in total. The molecule has 2 aromatic rings. The molecule has 0 bridgehead atoms. The number of hydrogen-bond acceptors (Lipinski definition) is 3. The van der Waals surface area contributed by atoms with Crippen LogP contribution in [0.15, 0.2) is 47.3 Å². The summed E-state index contributed by atoms with van der Waals surface area (Å²) in [6.45, 7) is 1.67. The highest BCUT2D eigenvalue weighted by molar-refractivity contribution is 5.94. The molecule has 0 radical (unpaired) electrons. The lowest BCUT2D eigenvalue weighted by Crippen LogP contribution is -2.43. The number of amides is 2. The van der Waals surface area contributed by atoms with Crippen molar-refractivity contribution in [2.45, 2.75) is 19.3 Å². The van der Waals surface area contributed by atoms with Crippen molar-refractivity contribution in [2.75, 3.05) is 19.6 Å². The van der Waals surface area contributed by atoms with Gasteiger partial charge in [-0.1, -0.05) is 12.1 Å². The topological polar surface area (TPSA) is 62.6 Å². The van der Waals surface area contributed by atoms with Crippen LogP contribution in [0.4, 0.5) is 4.39 Å². The monoisotopic (exact) mass is 344 g/mol. The fourth-order valence-corrected chi connectivity index (χ4v) is 3.04. The third-order valence-electron chi connectivity index (χ3n) is 4.55. The lowest BCUT2D eigenvalue weighted by molar-refractivity contribution is -0.126. The van der Waals surface area contributed by atoms with E-state index in [0.717, 1.165) is 5.56 Å². The molecule has 1 saturated heterocycles. The van der Waals surface area contributed by atoms with Gasteiger partial charge in [0.15, 0.2) is 0 Å². The second-order valence-corrected chi connectivity index (χ2v) is 6.25. The van der Waals surface area contributed by atoms with E-state index in [1.807, 2.05) is 0 Å². The van der Waals surface area contributed by atoms with Crippen LogP contribution in [0.1, 0.15) is 28.8 Å². The van der Waals surface area contributed by atoms with E-state index >= 15 is 0 Å². The quantitative estimate of drug-likeness (QED) is 0.907. The van der Waals surface area contributed by atoms with Crippen LogP contribution in [-0.2, 0) is 11.2 Å². The number of benzene rings is 1. The van der Waals surface area contributed by atoms with Crippen molar-refractivity contribution >= 4 is 11.8 Å². The first-order valence-corrected chi connectivity index (χ1v) is 8.47. The molecule has 1 aliphatic heterocycles. The maximum Gasteiger partial charge on any atom is 0.257 e. The van der Waals surface area contributed by atoms with E-state index in [-0.39, 0.29) is 23.5 Å². The minimum absolute atomic E-state index is 0.0255. The number of carbonyl (C=O) groups excluding carboxylic acids is 2. The van der Waals surface area contributed by atoms with Gasteiger partial charge in [0, 0.05) is 25.6 Å². The highest BCUT2D eigenvalue weighted by Crippen LogP contribution is 2.19. The van der Waals surface area contributed by atoms with E-state index in [1.54, 1.807) is 23.1 Å². The molecule has 3 rings (SSSR count). The summed E-state index contributed by atoms with van der Waals surface area (Å²) in [6, 6.07) is 7.94. The first-order valence-electron chi connectivity index (χ1n) is 8.47. The van der Waals surface area contributed by atoms with Crippen molar-refractivity contribution in [3.05, 3.63) is 59.8 Å². The molecule has 1 fully saturated rings. The molecule has 0 aliphatic carbocycles. The molecule has 1 aromatic heterocycles. The Labute approximate surface area is 145 Å². The zero-order chi connectivity index (χ0) is 17.6. The van der Waals surface area contributed by atoms with Gasteiger partial charge in [-0.05, 0) is 43.0 Å².